The molecule has 0 radical (unpaired) electrons. The molecule has 0 aromatic carbocycles. The first-order chi connectivity index (χ1) is 11.5. The van der Waals surface area contributed by atoms with Crippen LogP contribution in [-0.2, 0) is 14.4 Å². The lowest BCUT2D eigenvalue weighted by Gasteiger charge is -2.43. The molecule has 4 nitrogen and oxygen atoms in total. The van der Waals surface area contributed by atoms with Gasteiger partial charge in [-0.25, -0.2) is 0 Å². The van der Waals surface area contributed by atoms with Crippen molar-refractivity contribution < 1.29 is 19.5 Å². The lowest BCUT2D eigenvalue weighted by atomic mass is 9.58. The van der Waals surface area contributed by atoms with Crippen LogP contribution in [0.3, 0.4) is 0 Å². The maximum atomic E-state index is 13.0. The van der Waals surface area contributed by atoms with Crippen molar-refractivity contribution in [2.24, 2.45) is 17.3 Å². The van der Waals surface area contributed by atoms with Crippen LogP contribution in [0.4, 0.5) is 0 Å². The predicted octanol–water partition coefficient (Wildman–Crippen LogP) is 3.82. The van der Waals surface area contributed by atoms with Gasteiger partial charge in [-0.1, -0.05) is 37.1 Å². The minimum Gasteiger partial charge on any atom is -0.392 e. The Labute approximate surface area is 151 Å². The Hall–Kier alpha value is -1.55. The molecule has 1 rings (SSSR count). The fraction of sp³-hybridized carbons (Fsp3) is 0.667. The van der Waals surface area contributed by atoms with E-state index in [1.165, 1.54) is 0 Å². The lowest BCUT2D eigenvalue weighted by Crippen LogP contribution is -2.55. The first-order valence-corrected chi connectivity index (χ1v) is 9.06. The summed E-state index contributed by atoms with van der Waals surface area (Å²) in [6, 6.07) is 0. The van der Waals surface area contributed by atoms with Crippen molar-refractivity contribution in [3.05, 3.63) is 23.3 Å². The molecule has 4 heteroatoms. The largest absolute Gasteiger partial charge is 0.392 e. The Kier molecular flexibility index (Phi) is 7.48. The average Bonchev–Trinajstić information content (AvgIpc) is 2.47. The minimum absolute atomic E-state index is 0.166. The third-order valence-electron chi connectivity index (χ3n) is 4.88. The van der Waals surface area contributed by atoms with E-state index in [9.17, 15) is 19.5 Å². The first kappa shape index (κ1) is 21.5. The van der Waals surface area contributed by atoms with Crippen LogP contribution in [0.25, 0.3) is 0 Å². The van der Waals surface area contributed by atoms with E-state index in [1.54, 1.807) is 0 Å². The summed E-state index contributed by atoms with van der Waals surface area (Å²) in [7, 11) is 0. The van der Waals surface area contributed by atoms with Gasteiger partial charge in [-0.05, 0) is 52.9 Å². The highest BCUT2D eigenvalue weighted by Crippen LogP contribution is 2.45. The van der Waals surface area contributed by atoms with Gasteiger partial charge in [0.2, 0.25) is 11.6 Å². The molecule has 1 aliphatic carbocycles. The number of hydrogen-bond donors (Lipinski definition) is 1. The molecule has 25 heavy (non-hydrogen) atoms. The van der Waals surface area contributed by atoms with Crippen molar-refractivity contribution in [3.63, 3.8) is 0 Å². The van der Waals surface area contributed by atoms with E-state index in [4.69, 9.17) is 0 Å². The van der Waals surface area contributed by atoms with Crippen molar-refractivity contribution in [1.82, 2.24) is 0 Å². The first-order valence-electron chi connectivity index (χ1n) is 9.06. The monoisotopic (exact) mass is 348 g/mol. The van der Waals surface area contributed by atoms with Crippen LogP contribution in [0.1, 0.15) is 67.2 Å². The number of carbonyl (C=O) groups excluding carboxylic acids is 3. The number of allylic oxidation sites excluding steroid dienone is 4. The second-order valence-corrected chi connectivity index (χ2v) is 8.19. The van der Waals surface area contributed by atoms with Gasteiger partial charge in [0.15, 0.2) is 0 Å². The molecule has 0 heterocycles. The maximum Gasteiger partial charge on any atom is 0.206 e. The van der Waals surface area contributed by atoms with Gasteiger partial charge >= 0.3 is 0 Å². The van der Waals surface area contributed by atoms with Crippen LogP contribution >= 0.6 is 0 Å². The molecule has 0 saturated heterocycles. The molecule has 1 N–H and O–H groups in total. The zero-order chi connectivity index (χ0) is 19.4. The summed E-state index contributed by atoms with van der Waals surface area (Å²) in [4.78, 5) is 37.7. The van der Waals surface area contributed by atoms with Gasteiger partial charge in [0.25, 0.3) is 0 Å². The molecule has 0 amide bonds. The Morgan fingerprint density at radius 3 is 1.96 bits per heavy atom. The molecule has 2 unspecified atom stereocenters. The molecule has 0 aliphatic heterocycles. The van der Waals surface area contributed by atoms with Crippen LogP contribution in [0.2, 0.25) is 0 Å². The second kappa shape index (κ2) is 8.70. The van der Waals surface area contributed by atoms with Gasteiger partial charge in [-0.3, -0.25) is 14.4 Å². The number of hydrogen-bond acceptors (Lipinski definition) is 4. The maximum absolute atomic E-state index is 13.0. The van der Waals surface area contributed by atoms with E-state index in [0.717, 1.165) is 11.1 Å². The summed E-state index contributed by atoms with van der Waals surface area (Å²) in [5, 5.41) is 10.7. The number of aliphatic hydroxyl groups is 1. The standard InChI is InChI=1S/C21H32O4/c1-13(2)7-9-21(10-8-14(3)4)18(24)12-17(23)20(25)19(21)16(22)11-15(5)6/h7-8,15-16,19,22H,9-12H2,1-6H3. The smallest absolute Gasteiger partial charge is 0.206 e. The Morgan fingerprint density at radius 2 is 1.56 bits per heavy atom. The normalized spacial score (nSPS) is 21.3. The fourth-order valence-corrected chi connectivity index (χ4v) is 3.51. The highest BCUT2D eigenvalue weighted by Gasteiger charge is 2.55. The molecule has 0 bridgehead atoms. The molecule has 0 spiro atoms. The van der Waals surface area contributed by atoms with E-state index in [2.05, 4.69) is 0 Å². The van der Waals surface area contributed by atoms with Crippen LogP contribution in [0.15, 0.2) is 23.3 Å². The zero-order valence-electron chi connectivity index (χ0n) is 16.4. The van der Waals surface area contributed by atoms with Crippen molar-refractivity contribution in [1.29, 1.82) is 0 Å². The third-order valence-corrected chi connectivity index (χ3v) is 4.88. The Balaban J connectivity index is 3.47. The molecule has 1 saturated carbocycles. The molecular weight excluding hydrogens is 316 g/mol. The number of Topliss-reactive ketones (excluding diaryl/α,β-unsaturated/α-hetero) is 3. The van der Waals surface area contributed by atoms with Crippen molar-refractivity contribution in [2.45, 2.75) is 73.3 Å². The van der Waals surface area contributed by atoms with Gasteiger partial charge in [0.05, 0.1) is 18.4 Å². The summed E-state index contributed by atoms with van der Waals surface area (Å²) in [5.74, 6) is -2.27. The van der Waals surface area contributed by atoms with Gasteiger partial charge in [-0.15, -0.1) is 0 Å². The van der Waals surface area contributed by atoms with Crippen molar-refractivity contribution in [2.75, 3.05) is 0 Å². The molecule has 0 aromatic rings. The van der Waals surface area contributed by atoms with E-state index in [0.29, 0.717) is 19.3 Å². The molecule has 0 aromatic heterocycles. The fourth-order valence-electron chi connectivity index (χ4n) is 3.51. The molecular formula is C21H32O4. The number of rotatable bonds is 7. The average molecular weight is 348 g/mol. The predicted molar refractivity (Wildman–Crippen MR) is 99.1 cm³/mol. The number of aliphatic hydroxyl groups excluding tert-OH is 1. The summed E-state index contributed by atoms with van der Waals surface area (Å²) in [6.07, 6.45) is 3.67. The van der Waals surface area contributed by atoms with Gasteiger partial charge < -0.3 is 5.11 Å². The Morgan fingerprint density at radius 1 is 1.08 bits per heavy atom. The van der Waals surface area contributed by atoms with Crippen LogP contribution in [0.5, 0.6) is 0 Å². The summed E-state index contributed by atoms with van der Waals surface area (Å²) in [6.45, 7) is 11.7. The van der Waals surface area contributed by atoms with E-state index in [1.807, 2.05) is 53.7 Å². The highest BCUT2D eigenvalue weighted by atomic mass is 16.3. The zero-order valence-corrected chi connectivity index (χ0v) is 16.4. The lowest BCUT2D eigenvalue weighted by molar-refractivity contribution is -0.158. The van der Waals surface area contributed by atoms with E-state index < -0.39 is 29.0 Å². The van der Waals surface area contributed by atoms with Crippen LogP contribution in [0, 0.1) is 17.3 Å². The third kappa shape index (κ3) is 5.21. The topological polar surface area (TPSA) is 71.4 Å². The van der Waals surface area contributed by atoms with Crippen molar-refractivity contribution >= 4 is 17.3 Å². The molecule has 140 valence electrons. The van der Waals surface area contributed by atoms with Gasteiger partial charge in [-0.2, -0.15) is 0 Å². The summed E-state index contributed by atoms with van der Waals surface area (Å²) in [5.41, 5.74) is 1.06. The quantitative estimate of drug-likeness (QED) is 0.431. The Bertz CT molecular complexity index is 567. The van der Waals surface area contributed by atoms with Crippen molar-refractivity contribution in [3.8, 4) is 0 Å². The highest BCUT2D eigenvalue weighted by molar-refractivity contribution is 6.44. The van der Waals surface area contributed by atoms with E-state index in [-0.39, 0.29) is 18.1 Å². The number of ketones is 3. The van der Waals surface area contributed by atoms with Crippen LogP contribution < -0.4 is 0 Å². The van der Waals surface area contributed by atoms with Gasteiger partial charge in [0, 0.05) is 5.41 Å². The van der Waals surface area contributed by atoms with Gasteiger partial charge in [0.1, 0.15) is 5.78 Å². The minimum atomic E-state index is -1.03. The molecule has 1 aliphatic rings. The molecule has 1 fully saturated rings. The number of carbonyl (C=O) groups is 3. The van der Waals surface area contributed by atoms with E-state index >= 15 is 0 Å². The van der Waals surface area contributed by atoms with Crippen LogP contribution in [-0.4, -0.2) is 28.6 Å². The second-order valence-electron chi connectivity index (χ2n) is 8.19. The SMILES string of the molecule is CC(C)=CCC1(CC=C(C)C)C(=O)CC(=O)C(=O)C1C(O)CC(C)C. The molecule has 2 atom stereocenters. The summed E-state index contributed by atoms with van der Waals surface area (Å²) >= 11 is 0. The summed E-state index contributed by atoms with van der Waals surface area (Å²) < 4.78 is 0.